The molecule has 1 atom stereocenters. The van der Waals surface area contributed by atoms with Crippen LogP contribution >= 0.6 is 0 Å². The second-order valence-corrected chi connectivity index (χ2v) is 5.57. The van der Waals surface area contributed by atoms with E-state index in [9.17, 15) is 9.59 Å². The van der Waals surface area contributed by atoms with E-state index in [1.165, 1.54) is 12.2 Å². The van der Waals surface area contributed by atoms with Gasteiger partial charge in [0, 0.05) is 17.5 Å². The molecule has 0 saturated heterocycles. The molecule has 0 fully saturated rings. The van der Waals surface area contributed by atoms with Crippen molar-refractivity contribution in [3.63, 3.8) is 0 Å². The number of carbonyl (C=O) groups is 2. The first-order valence-electron chi connectivity index (χ1n) is 7.14. The van der Waals surface area contributed by atoms with E-state index >= 15 is 0 Å². The quantitative estimate of drug-likeness (QED) is 0.814. The number of fused-ring (bicyclic) bond motifs is 1. The summed E-state index contributed by atoms with van der Waals surface area (Å²) in [6, 6.07) is 16.4. The molecular weight excluding hydrogens is 278 g/mol. The molecule has 1 aliphatic heterocycles. The second-order valence-electron chi connectivity index (χ2n) is 5.57. The van der Waals surface area contributed by atoms with Crippen molar-refractivity contribution in [2.75, 3.05) is 7.11 Å². The molecule has 2 aromatic rings. The Labute approximate surface area is 129 Å². The Hall–Kier alpha value is -2.46. The average molecular weight is 295 g/mol. The van der Waals surface area contributed by atoms with Gasteiger partial charge in [-0.1, -0.05) is 48.5 Å². The molecule has 0 aliphatic carbocycles. The number of amides is 1. The molecule has 22 heavy (non-hydrogen) atoms. The van der Waals surface area contributed by atoms with Gasteiger partial charge in [0.2, 0.25) is 0 Å². The summed E-state index contributed by atoms with van der Waals surface area (Å²) in [6.45, 7) is 1.86. The van der Waals surface area contributed by atoms with Gasteiger partial charge in [-0.25, -0.2) is 5.06 Å². The number of hydroxylamine groups is 2. The first-order chi connectivity index (χ1) is 10.6. The minimum absolute atomic E-state index is 0.0188. The summed E-state index contributed by atoms with van der Waals surface area (Å²) in [6.07, 6.45) is 0.174. The lowest BCUT2D eigenvalue weighted by molar-refractivity contribution is -0.153. The van der Waals surface area contributed by atoms with Crippen molar-refractivity contribution >= 4 is 11.7 Å². The molecule has 1 amide bonds. The molecule has 1 aliphatic rings. The molecule has 0 radical (unpaired) electrons. The van der Waals surface area contributed by atoms with Crippen LogP contribution < -0.4 is 0 Å². The maximum atomic E-state index is 12.6. The van der Waals surface area contributed by atoms with Crippen LogP contribution in [0.1, 0.15) is 39.6 Å². The summed E-state index contributed by atoms with van der Waals surface area (Å²) in [5.41, 5.74) is 1.26. The van der Waals surface area contributed by atoms with Gasteiger partial charge in [-0.15, -0.1) is 0 Å². The smallest absolute Gasteiger partial charge is 0.278 e. The minimum atomic E-state index is -0.796. The molecule has 1 unspecified atom stereocenters. The first kappa shape index (κ1) is 14.5. The number of hydrogen-bond donors (Lipinski definition) is 0. The van der Waals surface area contributed by atoms with Gasteiger partial charge in [-0.2, -0.15) is 0 Å². The normalized spacial score (nSPS) is 20.1. The van der Waals surface area contributed by atoms with Crippen LogP contribution in [0, 0.1) is 0 Å². The summed E-state index contributed by atoms with van der Waals surface area (Å²) in [4.78, 5) is 30.3. The third-order valence-corrected chi connectivity index (χ3v) is 4.15. The van der Waals surface area contributed by atoms with Crippen molar-refractivity contribution in [1.82, 2.24) is 5.06 Å². The summed E-state index contributed by atoms with van der Waals surface area (Å²) < 4.78 is 0. The van der Waals surface area contributed by atoms with Crippen LogP contribution in [0.25, 0.3) is 0 Å². The van der Waals surface area contributed by atoms with Gasteiger partial charge < -0.3 is 0 Å². The Morgan fingerprint density at radius 2 is 1.73 bits per heavy atom. The second kappa shape index (κ2) is 5.39. The van der Waals surface area contributed by atoms with Gasteiger partial charge in [0.25, 0.3) is 5.91 Å². The number of Topliss-reactive ketones (excluding diaryl/α,β-unsaturated/α-hetero) is 1. The van der Waals surface area contributed by atoms with E-state index in [4.69, 9.17) is 4.84 Å². The van der Waals surface area contributed by atoms with Gasteiger partial charge in [0.05, 0.1) is 7.11 Å². The Kier molecular flexibility index (Phi) is 3.54. The number of rotatable bonds is 4. The van der Waals surface area contributed by atoms with E-state index in [-0.39, 0.29) is 18.1 Å². The zero-order chi connectivity index (χ0) is 15.7. The van der Waals surface area contributed by atoms with Gasteiger partial charge in [-0.05, 0) is 18.6 Å². The SMILES string of the molecule is CON1C(=O)c2ccccc2C1(C)CC(=O)c1ccccc1. The third-order valence-electron chi connectivity index (χ3n) is 4.15. The van der Waals surface area contributed by atoms with Crippen LogP contribution in [0.2, 0.25) is 0 Å². The summed E-state index contributed by atoms with van der Waals surface area (Å²) >= 11 is 0. The number of benzene rings is 2. The van der Waals surface area contributed by atoms with Crippen molar-refractivity contribution in [2.45, 2.75) is 18.9 Å². The van der Waals surface area contributed by atoms with Crippen LogP contribution in [0.15, 0.2) is 54.6 Å². The third kappa shape index (κ3) is 2.12. The Balaban J connectivity index is 2.00. The van der Waals surface area contributed by atoms with Gasteiger partial charge in [0.15, 0.2) is 5.78 Å². The van der Waals surface area contributed by atoms with Crippen LogP contribution in [-0.4, -0.2) is 23.9 Å². The van der Waals surface area contributed by atoms with Gasteiger partial charge in [-0.3, -0.25) is 14.4 Å². The highest BCUT2D eigenvalue weighted by Crippen LogP contribution is 2.42. The molecule has 4 heteroatoms. The van der Waals surface area contributed by atoms with Gasteiger partial charge >= 0.3 is 0 Å². The highest BCUT2D eigenvalue weighted by Gasteiger charge is 2.48. The molecule has 112 valence electrons. The van der Waals surface area contributed by atoms with Gasteiger partial charge in [0.1, 0.15) is 5.54 Å². The number of carbonyl (C=O) groups excluding carboxylic acids is 2. The maximum absolute atomic E-state index is 12.6. The number of hydrogen-bond acceptors (Lipinski definition) is 3. The Morgan fingerprint density at radius 3 is 2.41 bits per heavy atom. The Bertz CT molecular complexity index is 726. The lowest BCUT2D eigenvalue weighted by Crippen LogP contribution is -2.42. The largest absolute Gasteiger partial charge is 0.294 e. The van der Waals surface area contributed by atoms with Crippen LogP contribution in [-0.2, 0) is 10.4 Å². The van der Waals surface area contributed by atoms with E-state index in [0.29, 0.717) is 11.1 Å². The van der Waals surface area contributed by atoms with E-state index in [1.54, 1.807) is 18.2 Å². The molecule has 4 nitrogen and oxygen atoms in total. The molecule has 0 bridgehead atoms. The van der Waals surface area contributed by atoms with Crippen LogP contribution in [0.3, 0.4) is 0 Å². The summed E-state index contributed by atoms with van der Waals surface area (Å²) in [5.74, 6) is -0.226. The lowest BCUT2D eigenvalue weighted by Gasteiger charge is -2.33. The highest BCUT2D eigenvalue weighted by atomic mass is 16.7. The van der Waals surface area contributed by atoms with Crippen molar-refractivity contribution in [3.05, 3.63) is 71.3 Å². The maximum Gasteiger partial charge on any atom is 0.278 e. The highest BCUT2D eigenvalue weighted by molar-refractivity contribution is 6.02. The predicted molar refractivity (Wildman–Crippen MR) is 82.4 cm³/mol. The molecule has 0 saturated carbocycles. The fraction of sp³-hybridized carbons (Fsp3) is 0.222. The van der Waals surface area contributed by atoms with Crippen LogP contribution in [0.4, 0.5) is 0 Å². The van der Waals surface area contributed by atoms with Crippen LogP contribution in [0.5, 0.6) is 0 Å². The van der Waals surface area contributed by atoms with E-state index in [0.717, 1.165) is 5.56 Å². The lowest BCUT2D eigenvalue weighted by atomic mass is 9.86. The monoisotopic (exact) mass is 295 g/mol. The first-order valence-corrected chi connectivity index (χ1v) is 7.14. The average Bonchev–Trinajstić information content (AvgIpc) is 2.76. The summed E-state index contributed by atoms with van der Waals surface area (Å²) in [5, 5.41) is 1.30. The zero-order valence-corrected chi connectivity index (χ0v) is 12.6. The number of nitrogens with zero attached hydrogens (tertiary/aromatic N) is 1. The molecule has 0 N–H and O–H groups in total. The fourth-order valence-corrected chi connectivity index (χ4v) is 3.07. The zero-order valence-electron chi connectivity index (χ0n) is 12.6. The van der Waals surface area contributed by atoms with Crippen molar-refractivity contribution in [2.24, 2.45) is 0 Å². The summed E-state index contributed by atoms with van der Waals surface area (Å²) in [7, 11) is 1.45. The molecule has 0 spiro atoms. The van der Waals surface area contributed by atoms with Crippen molar-refractivity contribution in [1.29, 1.82) is 0 Å². The number of ketones is 1. The van der Waals surface area contributed by atoms with E-state index in [2.05, 4.69) is 0 Å². The molecule has 2 aromatic carbocycles. The van der Waals surface area contributed by atoms with E-state index < -0.39 is 5.54 Å². The molecular formula is C18H17NO3. The Morgan fingerprint density at radius 1 is 1.09 bits per heavy atom. The van der Waals surface area contributed by atoms with Crippen molar-refractivity contribution in [3.8, 4) is 0 Å². The topological polar surface area (TPSA) is 46.6 Å². The molecule has 3 rings (SSSR count). The standard InChI is InChI=1S/C18H17NO3/c1-18(12-16(20)13-8-4-3-5-9-13)15-11-7-6-10-14(15)17(21)19(18)22-2/h3-11H,12H2,1-2H3. The molecule has 0 aromatic heterocycles. The predicted octanol–water partition coefficient (Wildman–Crippen LogP) is 3.19. The van der Waals surface area contributed by atoms with Crippen molar-refractivity contribution < 1.29 is 14.4 Å². The minimum Gasteiger partial charge on any atom is -0.294 e. The molecule has 1 heterocycles. The fourth-order valence-electron chi connectivity index (χ4n) is 3.07. The van der Waals surface area contributed by atoms with E-state index in [1.807, 2.05) is 43.3 Å².